The zero-order chi connectivity index (χ0) is 41.7. The highest BCUT2D eigenvalue weighted by atomic mass is 16.7. The maximum absolute atomic E-state index is 14.3. The van der Waals surface area contributed by atoms with E-state index in [-0.39, 0.29) is 42.4 Å². The molecule has 4 aromatic rings. The second kappa shape index (κ2) is 16.3. The predicted molar refractivity (Wildman–Crippen MR) is 222 cm³/mol. The van der Waals surface area contributed by atoms with Crippen molar-refractivity contribution in [2.24, 2.45) is 28.8 Å². The first-order valence-corrected chi connectivity index (χ1v) is 21.3. The Hall–Kier alpha value is -5.86. The van der Waals surface area contributed by atoms with Gasteiger partial charge in [-0.05, 0) is 87.6 Å². The van der Waals surface area contributed by atoms with Gasteiger partial charge < -0.3 is 38.9 Å². The van der Waals surface area contributed by atoms with Crippen molar-refractivity contribution < 1.29 is 38.1 Å². The number of rotatable bonds is 12. The maximum Gasteiger partial charge on any atom is 0.255 e. The lowest BCUT2D eigenvalue weighted by Gasteiger charge is -2.44. The van der Waals surface area contributed by atoms with E-state index < -0.39 is 11.9 Å². The number of aromatic amines is 1. The van der Waals surface area contributed by atoms with Crippen LogP contribution in [0, 0.1) is 30.6 Å². The molecular weight excluding hydrogens is 767 g/mol. The zero-order valence-electron chi connectivity index (χ0n) is 34.9. The Labute approximate surface area is 349 Å². The molecule has 2 aromatic carbocycles. The van der Waals surface area contributed by atoms with E-state index in [9.17, 15) is 14.4 Å². The van der Waals surface area contributed by atoms with Crippen LogP contribution in [0.4, 0.5) is 0 Å². The van der Waals surface area contributed by atoms with Crippen molar-refractivity contribution in [1.29, 1.82) is 0 Å². The minimum atomic E-state index is -0.792. The van der Waals surface area contributed by atoms with Crippen molar-refractivity contribution in [2.45, 2.75) is 84.2 Å². The fourth-order valence-corrected chi connectivity index (χ4v) is 9.33. The summed E-state index contributed by atoms with van der Waals surface area (Å²) >= 11 is 0. The number of ether oxygens (including phenoxy) is 5. The summed E-state index contributed by atoms with van der Waals surface area (Å²) in [7, 11) is 3.23. The number of fused-ring (bicyclic) bond motifs is 3. The summed E-state index contributed by atoms with van der Waals surface area (Å²) in [5.41, 5.74) is 4.90. The Balaban J connectivity index is 0.926. The maximum atomic E-state index is 14.3. The Morgan fingerprint density at radius 3 is 2.42 bits per heavy atom. The van der Waals surface area contributed by atoms with Crippen LogP contribution in [0.5, 0.6) is 28.7 Å². The van der Waals surface area contributed by atoms with Gasteiger partial charge in [0.15, 0.2) is 23.0 Å². The molecule has 5 heterocycles. The van der Waals surface area contributed by atoms with Crippen LogP contribution in [0.1, 0.15) is 86.8 Å². The summed E-state index contributed by atoms with van der Waals surface area (Å²) < 4.78 is 29.0. The zero-order valence-corrected chi connectivity index (χ0v) is 34.9. The summed E-state index contributed by atoms with van der Waals surface area (Å²) in [5.74, 6) is 2.73. The topological polar surface area (TPSA) is 170 Å². The average molecular weight is 820 g/mol. The monoisotopic (exact) mass is 819 g/mol. The largest absolute Gasteiger partial charge is 0.493 e. The van der Waals surface area contributed by atoms with Gasteiger partial charge in [-0.3, -0.25) is 14.4 Å². The lowest BCUT2D eigenvalue weighted by atomic mass is 9.73. The van der Waals surface area contributed by atoms with Crippen molar-refractivity contribution >= 4 is 34.5 Å². The Morgan fingerprint density at radius 1 is 0.933 bits per heavy atom. The number of H-pyrrole nitrogens is 1. The summed E-state index contributed by atoms with van der Waals surface area (Å²) in [6, 6.07) is 8.58. The number of nitrogens with one attached hydrogen (secondary N) is 2. The second-order valence-corrected chi connectivity index (χ2v) is 17.0. The number of benzene rings is 2. The third-order valence-corrected chi connectivity index (χ3v) is 12.8. The van der Waals surface area contributed by atoms with Gasteiger partial charge in [-0.15, -0.1) is 0 Å². The van der Waals surface area contributed by atoms with Crippen LogP contribution in [0.25, 0.3) is 22.3 Å². The fourth-order valence-electron chi connectivity index (χ4n) is 9.33. The van der Waals surface area contributed by atoms with Crippen LogP contribution in [0.2, 0.25) is 0 Å². The van der Waals surface area contributed by atoms with Crippen molar-refractivity contribution in [1.82, 2.24) is 30.2 Å². The lowest BCUT2D eigenvalue weighted by Crippen LogP contribution is -2.56. The molecule has 0 spiro atoms. The molecule has 3 fully saturated rings. The van der Waals surface area contributed by atoms with Gasteiger partial charge in [0, 0.05) is 36.2 Å². The van der Waals surface area contributed by atoms with Crippen molar-refractivity contribution in [3.05, 3.63) is 53.5 Å². The number of carbonyl (C=O) groups is 3. The van der Waals surface area contributed by atoms with E-state index in [0.29, 0.717) is 101 Å². The normalized spacial score (nSPS) is 20.8. The minimum Gasteiger partial charge on any atom is -0.493 e. The van der Waals surface area contributed by atoms with Crippen molar-refractivity contribution in [3.63, 3.8) is 0 Å². The molecule has 2 saturated carbocycles. The molecule has 316 valence electrons. The molecule has 9 rings (SSSR count). The molecule has 0 radical (unpaired) electrons. The first kappa shape index (κ1) is 39.6. The quantitative estimate of drug-likeness (QED) is 0.166. The average Bonchev–Trinajstić information content (AvgIpc) is 3.86. The number of hydrogen-bond donors (Lipinski definition) is 2. The molecule has 0 bridgehead atoms. The molecule has 3 aliphatic heterocycles. The molecule has 1 saturated heterocycles. The molecule has 3 atom stereocenters. The molecule has 0 unspecified atom stereocenters. The van der Waals surface area contributed by atoms with E-state index in [4.69, 9.17) is 28.8 Å². The Bertz CT molecular complexity index is 2350. The van der Waals surface area contributed by atoms with Gasteiger partial charge in [0.25, 0.3) is 5.91 Å². The molecule has 3 amide bonds. The van der Waals surface area contributed by atoms with E-state index in [1.54, 1.807) is 19.2 Å². The number of nitrogens with zero attached hydrogens (tertiary/aromatic N) is 5. The summed E-state index contributed by atoms with van der Waals surface area (Å²) in [6.45, 7) is 7.20. The number of aryl methyl sites for hydroxylation is 1. The van der Waals surface area contributed by atoms with Gasteiger partial charge in [-0.1, -0.05) is 26.7 Å². The number of aromatic nitrogens is 3. The SMILES string of the molecule is COc1ccc(C2=NN(C3CCN(C(=O)[C@H](NC(=O)c4c(C)[nH]c5c(-c6c(OCC7CC7)ccc7c6OCO7)ncnc45)C(C)C)CC3)C(=O)[C@@H]3CCCC[C@H]23)cc1OC. The highest BCUT2D eigenvalue weighted by molar-refractivity contribution is 6.11. The molecule has 2 aliphatic carbocycles. The predicted octanol–water partition coefficient (Wildman–Crippen LogP) is 6.27. The highest BCUT2D eigenvalue weighted by Crippen LogP contribution is 2.48. The lowest BCUT2D eigenvalue weighted by molar-refractivity contribution is -0.143. The van der Waals surface area contributed by atoms with Crippen molar-refractivity contribution in [2.75, 3.05) is 40.7 Å². The molecule has 60 heavy (non-hydrogen) atoms. The van der Waals surface area contributed by atoms with Gasteiger partial charge >= 0.3 is 0 Å². The molecule has 15 nitrogen and oxygen atoms in total. The van der Waals surface area contributed by atoms with Gasteiger partial charge in [0.1, 0.15) is 29.3 Å². The number of hydrogen-bond acceptors (Lipinski definition) is 11. The molecule has 2 N–H and O–H groups in total. The first-order chi connectivity index (χ1) is 29.1. The molecule has 15 heteroatoms. The van der Waals surface area contributed by atoms with Crippen molar-refractivity contribution in [3.8, 4) is 40.0 Å². The third-order valence-electron chi connectivity index (χ3n) is 12.8. The van der Waals surface area contributed by atoms with E-state index in [1.807, 2.05) is 56.0 Å². The van der Waals surface area contributed by atoms with Crippen LogP contribution < -0.4 is 29.0 Å². The second-order valence-electron chi connectivity index (χ2n) is 17.0. The van der Waals surface area contributed by atoms with E-state index in [1.165, 1.54) is 6.33 Å². The molecule has 5 aliphatic rings. The summed E-state index contributed by atoms with van der Waals surface area (Å²) in [6.07, 6.45) is 8.66. The van der Waals surface area contributed by atoms with Gasteiger partial charge in [0.2, 0.25) is 18.6 Å². The van der Waals surface area contributed by atoms with Crippen LogP contribution in [-0.2, 0) is 9.59 Å². The molecule has 2 aromatic heterocycles. The number of methoxy groups -OCH3 is 2. The smallest absolute Gasteiger partial charge is 0.255 e. The van der Waals surface area contributed by atoms with Crippen LogP contribution >= 0.6 is 0 Å². The van der Waals surface area contributed by atoms with Gasteiger partial charge in [-0.25, -0.2) is 15.0 Å². The Morgan fingerprint density at radius 2 is 1.68 bits per heavy atom. The van der Waals surface area contributed by atoms with Crippen LogP contribution in [0.15, 0.2) is 41.8 Å². The highest BCUT2D eigenvalue weighted by Gasteiger charge is 2.44. The van der Waals surface area contributed by atoms with Gasteiger partial charge in [-0.2, -0.15) is 5.10 Å². The number of likely N-dealkylation sites (tertiary alicyclic amines) is 1. The summed E-state index contributed by atoms with van der Waals surface area (Å²) in [4.78, 5) is 57.0. The van der Waals surface area contributed by atoms with E-state index in [0.717, 1.165) is 49.8 Å². The number of piperidine rings is 1. The fraction of sp³-hybridized carbons (Fsp3) is 0.511. The summed E-state index contributed by atoms with van der Waals surface area (Å²) in [5, 5.41) is 9.86. The number of amides is 3. The minimum absolute atomic E-state index is 0.0441. The van der Waals surface area contributed by atoms with E-state index in [2.05, 4.69) is 20.3 Å². The molecular formula is C45H53N7O8. The number of hydrazone groups is 1. The Kier molecular flexibility index (Phi) is 10.8. The van der Waals surface area contributed by atoms with Crippen LogP contribution in [-0.4, -0.2) is 101 Å². The van der Waals surface area contributed by atoms with Gasteiger partial charge in [0.05, 0.1) is 49.2 Å². The number of carbonyl (C=O) groups excluding carboxylic acids is 3. The first-order valence-electron chi connectivity index (χ1n) is 21.3. The van der Waals surface area contributed by atoms with E-state index >= 15 is 0 Å². The standard InChI is InChI=1S/C45H53N7O8/c1-24(2)37(49-43(53)35-25(3)48-41-39(35)46-22-47-40(41)36-32(58-21-26-10-11-26)14-15-33-42(36)60-23-59-33)45(55)51-18-16-28(17-19-51)52-44(54)30-9-7-6-8-29(30)38(50-52)27-12-13-31(56-4)34(20-27)57-5/h12-15,20,22,24,26,28-30,37,48H,6-11,16-19,21,23H2,1-5H3,(H,49,53)/t29-,30+,37+/m0/s1. The van der Waals surface area contributed by atoms with Crippen LogP contribution in [0.3, 0.4) is 0 Å². The third kappa shape index (κ3) is 7.25.